The Kier molecular flexibility index (Phi) is 5.96. The van der Waals surface area contributed by atoms with Gasteiger partial charge in [-0.2, -0.15) is 5.10 Å². The fourth-order valence-corrected chi connectivity index (χ4v) is 2.95. The molecule has 0 aliphatic carbocycles. The van der Waals surface area contributed by atoms with Crippen LogP contribution in [-0.4, -0.2) is 42.6 Å². The molecule has 1 rings (SSSR count). The number of hydrogen-bond acceptors (Lipinski definition) is 4. The summed E-state index contributed by atoms with van der Waals surface area (Å²) in [7, 11) is -1.82. The molecule has 0 aromatic carbocycles. The second kappa shape index (κ2) is 7.02. The quantitative estimate of drug-likeness (QED) is 0.770. The summed E-state index contributed by atoms with van der Waals surface area (Å²) in [5.41, 5.74) is 5.42. The Morgan fingerprint density at radius 1 is 1.53 bits per heavy atom. The van der Waals surface area contributed by atoms with E-state index in [1.54, 1.807) is 17.9 Å². The van der Waals surface area contributed by atoms with Gasteiger partial charge in [0.25, 0.3) is 0 Å². The van der Waals surface area contributed by atoms with Gasteiger partial charge in [0.05, 0.1) is 6.20 Å². The SMILES string of the molecule is CCC(C)CN(C)S(=O)(=O)c1cnn(CCCN)c1. The fourth-order valence-electron chi connectivity index (χ4n) is 1.70. The largest absolute Gasteiger partial charge is 0.330 e. The molecule has 0 spiro atoms. The molecule has 2 N–H and O–H groups in total. The minimum absolute atomic E-state index is 0.246. The molecule has 0 fully saturated rings. The predicted octanol–water partition coefficient (Wildman–Crippen LogP) is 0.899. The van der Waals surface area contributed by atoms with Crippen LogP contribution in [0.5, 0.6) is 0 Å². The zero-order valence-corrected chi connectivity index (χ0v) is 12.7. The number of nitrogens with zero attached hydrogens (tertiary/aromatic N) is 3. The van der Waals surface area contributed by atoms with E-state index in [4.69, 9.17) is 5.73 Å². The van der Waals surface area contributed by atoms with Gasteiger partial charge in [0.2, 0.25) is 10.0 Å². The summed E-state index contributed by atoms with van der Waals surface area (Å²) in [6, 6.07) is 0. The summed E-state index contributed by atoms with van der Waals surface area (Å²) in [5.74, 6) is 0.340. The van der Waals surface area contributed by atoms with E-state index in [1.807, 2.05) is 6.92 Å². The van der Waals surface area contributed by atoms with Crippen molar-refractivity contribution < 1.29 is 8.42 Å². The Bertz CT molecular complexity index is 484. The minimum atomic E-state index is -3.43. The number of hydrogen-bond donors (Lipinski definition) is 1. The first-order valence-electron chi connectivity index (χ1n) is 6.60. The third-order valence-corrected chi connectivity index (χ3v) is 4.95. The van der Waals surface area contributed by atoms with E-state index in [1.165, 1.54) is 10.5 Å². The molecule has 0 aliphatic heterocycles. The highest BCUT2D eigenvalue weighted by atomic mass is 32.2. The van der Waals surface area contributed by atoms with Gasteiger partial charge in [-0.15, -0.1) is 0 Å². The van der Waals surface area contributed by atoms with Crippen LogP contribution in [0.4, 0.5) is 0 Å². The predicted molar refractivity (Wildman–Crippen MR) is 75.2 cm³/mol. The molecule has 1 atom stereocenters. The summed E-state index contributed by atoms with van der Waals surface area (Å²) >= 11 is 0. The summed E-state index contributed by atoms with van der Waals surface area (Å²) in [5, 5.41) is 4.06. The average Bonchev–Trinajstić information content (AvgIpc) is 2.85. The third kappa shape index (κ3) is 4.29. The molecule has 0 saturated carbocycles. The Morgan fingerprint density at radius 2 is 2.21 bits per heavy atom. The normalized spacial score (nSPS) is 13.9. The van der Waals surface area contributed by atoms with Gasteiger partial charge in [0, 0.05) is 26.3 Å². The average molecular weight is 288 g/mol. The number of nitrogens with two attached hydrogens (primary N) is 1. The van der Waals surface area contributed by atoms with Crippen molar-refractivity contribution in [1.29, 1.82) is 0 Å². The van der Waals surface area contributed by atoms with Crippen LogP contribution >= 0.6 is 0 Å². The molecule has 0 saturated heterocycles. The molecule has 1 aromatic heterocycles. The third-order valence-electron chi connectivity index (χ3n) is 3.17. The van der Waals surface area contributed by atoms with Crippen LogP contribution in [-0.2, 0) is 16.6 Å². The summed E-state index contributed by atoms with van der Waals surface area (Å²) in [6.45, 7) is 5.82. The van der Waals surface area contributed by atoms with E-state index in [9.17, 15) is 8.42 Å². The van der Waals surface area contributed by atoms with E-state index in [2.05, 4.69) is 12.0 Å². The first-order valence-corrected chi connectivity index (χ1v) is 8.04. The van der Waals surface area contributed by atoms with Crippen LogP contribution in [0.25, 0.3) is 0 Å². The lowest BCUT2D eigenvalue weighted by Gasteiger charge is -2.19. The van der Waals surface area contributed by atoms with Crippen molar-refractivity contribution in [2.45, 2.75) is 38.1 Å². The van der Waals surface area contributed by atoms with Crippen molar-refractivity contribution in [2.75, 3.05) is 20.1 Å². The molecular weight excluding hydrogens is 264 g/mol. The van der Waals surface area contributed by atoms with Gasteiger partial charge in [-0.1, -0.05) is 20.3 Å². The van der Waals surface area contributed by atoms with Gasteiger partial charge < -0.3 is 5.73 Å². The first-order chi connectivity index (χ1) is 8.91. The molecule has 1 aromatic rings. The van der Waals surface area contributed by atoms with Gasteiger partial charge in [-0.25, -0.2) is 12.7 Å². The lowest BCUT2D eigenvalue weighted by Crippen LogP contribution is -2.30. The van der Waals surface area contributed by atoms with Crippen LogP contribution in [0, 0.1) is 5.92 Å². The fraction of sp³-hybridized carbons (Fsp3) is 0.750. The Balaban J connectivity index is 2.79. The molecular formula is C12H24N4O2S. The van der Waals surface area contributed by atoms with Gasteiger partial charge in [-0.05, 0) is 18.9 Å². The maximum atomic E-state index is 12.3. The van der Waals surface area contributed by atoms with E-state index in [-0.39, 0.29) is 4.90 Å². The van der Waals surface area contributed by atoms with E-state index in [0.717, 1.165) is 12.8 Å². The number of rotatable bonds is 8. The molecule has 7 heteroatoms. The highest BCUT2D eigenvalue weighted by Crippen LogP contribution is 2.15. The van der Waals surface area contributed by atoms with Crippen LogP contribution in [0.1, 0.15) is 26.7 Å². The van der Waals surface area contributed by atoms with Crippen molar-refractivity contribution in [3.8, 4) is 0 Å². The van der Waals surface area contributed by atoms with Crippen molar-refractivity contribution in [2.24, 2.45) is 11.7 Å². The van der Waals surface area contributed by atoms with E-state index < -0.39 is 10.0 Å². The second-order valence-electron chi connectivity index (χ2n) is 4.88. The summed E-state index contributed by atoms with van der Waals surface area (Å²) in [4.78, 5) is 0.246. The zero-order chi connectivity index (χ0) is 14.5. The maximum absolute atomic E-state index is 12.3. The molecule has 0 radical (unpaired) electrons. The van der Waals surface area contributed by atoms with Gasteiger partial charge >= 0.3 is 0 Å². The number of aryl methyl sites for hydroxylation is 1. The van der Waals surface area contributed by atoms with Crippen LogP contribution < -0.4 is 5.73 Å². The van der Waals surface area contributed by atoms with Crippen LogP contribution in [0.15, 0.2) is 17.3 Å². The molecule has 6 nitrogen and oxygen atoms in total. The van der Waals surface area contributed by atoms with Crippen LogP contribution in [0.3, 0.4) is 0 Å². The minimum Gasteiger partial charge on any atom is -0.330 e. The topological polar surface area (TPSA) is 81.2 Å². The van der Waals surface area contributed by atoms with Crippen molar-refractivity contribution in [1.82, 2.24) is 14.1 Å². The van der Waals surface area contributed by atoms with Crippen molar-refractivity contribution in [3.63, 3.8) is 0 Å². The summed E-state index contributed by atoms with van der Waals surface area (Å²) in [6.07, 6.45) is 4.70. The Hall–Kier alpha value is -0.920. The lowest BCUT2D eigenvalue weighted by atomic mass is 10.1. The van der Waals surface area contributed by atoms with Gasteiger partial charge in [0.1, 0.15) is 4.90 Å². The summed E-state index contributed by atoms with van der Waals surface area (Å²) < 4.78 is 27.7. The zero-order valence-electron chi connectivity index (χ0n) is 11.9. The molecule has 1 unspecified atom stereocenters. The van der Waals surface area contributed by atoms with Gasteiger partial charge in [-0.3, -0.25) is 4.68 Å². The second-order valence-corrected chi connectivity index (χ2v) is 6.93. The van der Waals surface area contributed by atoms with E-state index in [0.29, 0.717) is 25.6 Å². The molecule has 0 aliphatic rings. The molecule has 110 valence electrons. The molecule has 0 bridgehead atoms. The highest BCUT2D eigenvalue weighted by Gasteiger charge is 2.23. The lowest BCUT2D eigenvalue weighted by molar-refractivity contribution is 0.393. The van der Waals surface area contributed by atoms with E-state index >= 15 is 0 Å². The molecule has 1 heterocycles. The highest BCUT2D eigenvalue weighted by molar-refractivity contribution is 7.89. The molecule has 0 amide bonds. The molecule has 19 heavy (non-hydrogen) atoms. The van der Waals surface area contributed by atoms with Crippen molar-refractivity contribution >= 4 is 10.0 Å². The maximum Gasteiger partial charge on any atom is 0.245 e. The standard InChI is InChI=1S/C12H24N4O2S/c1-4-11(2)9-15(3)19(17,18)12-8-14-16(10-12)7-5-6-13/h8,10-11H,4-7,9,13H2,1-3H3. The number of aromatic nitrogens is 2. The smallest absolute Gasteiger partial charge is 0.245 e. The Morgan fingerprint density at radius 3 is 2.79 bits per heavy atom. The monoisotopic (exact) mass is 288 g/mol. The van der Waals surface area contributed by atoms with Crippen molar-refractivity contribution in [3.05, 3.63) is 12.4 Å². The first kappa shape index (κ1) is 16.1. The van der Waals surface area contributed by atoms with Crippen LogP contribution in [0.2, 0.25) is 0 Å². The van der Waals surface area contributed by atoms with Gasteiger partial charge in [0.15, 0.2) is 0 Å². The number of sulfonamides is 1. The Labute approximate surface area is 115 Å².